The minimum absolute atomic E-state index is 0.686. The van der Waals surface area contributed by atoms with Crippen LogP contribution in [0, 0.1) is 13.8 Å². The molecule has 0 bridgehead atoms. The van der Waals surface area contributed by atoms with Crippen LogP contribution in [-0.2, 0) is 6.54 Å². The van der Waals surface area contributed by atoms with Gasteiger partial charge in [0.1, 0.15) is 5.82 Å². The van der Waals surface area contributed by atoms with E-state index in [2.05, 4.69) is 50.6 Å². The van der Waals surface area contributed by atoms with Gasteiger partial charge in [0.2, 0.25) is 0 Å². The summed E-state index contributed by atoms with van der Waals surface area (Å²) in [6.45, 7) is 4.73. The van der Waals surface area contributed by atoms with Gasteiger partial charge >= 0.3 is 0 Å². The molecule has 0 aliphatic carbocycles. The largest absolute Gasteiger partial charge is 0.366 e. The highest BCUT2D eigenvalue weighted by molar-refractivity contribution is 5.63. The first-order chi connectivity index (χ1) is 13.7. The van der Waals surface area contributed by atoms with Crippen molar-refractivity contribution < 1.29 is 0 Å². The Hall–Kier alpha value is -3.60. The first kappa shape index (κ1) is 17.8. The lowest BCUT2D eigenvalue weighted by molar-refractivity contribution is 1.03. The third kappa shape index (κ3) is 3.88. The van der Waals surface area contributed by atoms with Crippen molar-refractivity contribution in [1.82, 2.24) is 19.9 Å². The van der Waals surface area contributed by atoms with Gasteiger partial charge in [-0.25, -0.2) is 9.97 Å². The summed E-state index contributed by atoms with van der Waals surface area (Å²) in [5.74, 6) is 1.54. The molecular weight excluding hydrogens is 346 g/mol. The molecule has 0 saturated heterocycles. The molecule has 3 aromatic heterocycles. The van der Waals surface area contributed by atoms with Crippen molar-refractivity contribution in [3.05, 3.63) is 90.1 Å². The molecule has 28 heavy (non-hydrogen) atoms. The summed E-state index contributed by atoms with van der Waals surface area (Å²) < 4.78 is 0. The van der Waals surface area contributed by atoms with Gasteiger partial charge in [0.25, 0.3) is 0 Å². The quantitative estimate of drug-likeness (QED) is 0.547. The molecular formula is C23H21N5. The molecule has 1 aromatic carbocycles. The lowest BCUT2D eigenvalue weighted by Gasteiger charge is -2.13. The SMILES string of the molecule is Cc1nc(-c2cccnc2)nc(NCc2ccc(-c3cccnc3)cc2)c1C. The molecule has 0 aliphatic rings. The van der Waals surface area contributed by atoms with Crippen LogP contribution in [0.25, 0.3) is 22.5 Å². The van der Waals surface area contributed by atoms with E-state index in [0.29, 0.717) is 12.4 Å². The number of pyridine rings is 2. The van der Waals surface area contributed by atoms with Gasteiger partial charge in [-0.1, -0.05) is 30.3 Å². The molecule has 4 rings (SSSR count). The first-order valence-corrected chi connectivity index (χ1v) is 9.19. The summed E-state index contributed by atoms with van der Waals surface area (Å²) >= 11 is 0. The maximum Gasteiger partial charge on any atom is 0.163 e. The fraction of sp³-hybridized carbons (Fsp3) is 0.130. The number of hydrogen-bond donors (Lipinski definition) is 1. The second-order valence-corrected chi connectivity index (χ2v) is 6.64. The second kappa shape index (κ2) is 7.96. The van der Waals surface area contributed by atoms with Crippen molar-refractivity contribution in [2.45, 2.75) is 20.4 Å². The smallest absolute Gasteiger partial charge is 0.163 e. The Labute approximate surface area is 164 Å². The van der Waals surface area contributed by atoms with E-state index in [0.717, 1.165) is 33.8 Å². The fourth-order valence-electron chi connectivity index (χ4n) is 2.96. The van der Waals surface area contributed by atoms with Gasteiger partial charge in [-0.3, -0.25) is 9.97 Å². The summed E-state index contributed by atoms with van der Waals surface area (Å²) in [5.41, 5.74) is 6.39. The zero-order valence-corrected chi connectivity index (χ0v) is 15.9. The van der Waals surface area contributed by atoms with Gasteiger partial charge in [-0.05, 0) is 48.7 Å². The summed E-state index contributed by atoms with van der Waals surface area (Å²) in [6.07, 6.45) is 7.19. The molecule has 0 aliphatic heterocycles. The number of rotatable bonds is 5. The van der Waals surface area contributed by atoms with Crippen molar-refractivity contribution in [3.63, 3.8) is 0 Å². The van der Waals surface area contributed by atoms with Crippen LogP contribution >= 0.6 is 0 Å². The highest BCUT2D eigenvalue weighted by Crippen LogP contribution is 2.22. The normalized spacial score (nSPS) is 10.6. The zero-order valence-electron chi connectivity index (χ0n) is 15.9. The lowest BCUT2D eigenvalue weighted by Crippen LogP contribution is -2.07. The summed E-state index contributed by atoms with van der Waals surface area (Å²) in [4.78, 5) is 17.7. The predicted molar refractivity (Wildman–Crippen MR) is 112 cm³/mol. The Balaban J connectivity index is 1.52. The molecule has 0 unspecified atom stereocenters. The van der Waals surface area contributed by atoms with Gasteiger partial charge in [0.05, 0.1) is 0 Å². The van der Waals surface area contributed by atoms with Gasteiger partial charge in [-0.2, -0.15) is 0 Å². The minimum Gasteiger partial charge on any atom is -0.366 e. The van der Waals surface area contributed by atoms with Crippen LogP contribution in [0.1, 0.15) is 16.8 Å². The fourth-order valence-corrected chi connectivity index (χ4v) is 2.96. The molecule has 138 valence electrons. The number of nitrogens with one attached hydrogen (secondary N) is 1. The van der Waals surface area contributed by atoms with Crippen molar-refractivity contribution in [2.75, 3.05) is 5.32 Å². The lowest BCUT2D eigenvalue weighted by atomic mass is 10.1. The van der Waals surface area contributed by atoms with Crippen molar-refractivity contribution in [1.29, 1.82) is 0 Å². The third-order valence-corrected chi connectivity index (χ3v) is 4.72. The molecule has 0 spiro atoms. The van der Waals surface area contributed by atoms with E-state index >= 15 is 0 Å². The second-order valence-electron chi connectivity index (χ2n) is 6.64. The number of aromatic nitrogens is 4. The average molecular weight is 367 g/mol. The van der Waals surface area contributed by atoms with Crippen LogP contribution in [0.15, 0.2) is 73.3 Å². The molecule has 0 amide bonds. The average Bonchev–Trinajstić information content (AvgIpc) is 2.76. The minimum atomic E-state index is 0.686. The Morgan fingerprint density at radius 3 is 2.07 bits per heavy atom. The van der Waals surface area contributed by atoms with E-state index < -0.39 is 0 Å². The van der Waals surface area contributed by atoms with E-state index in [1.165, 1.54) is 5.56 Å². The van der Waals surface area contributed by atoms with E-state index in [1.807, 2.05) is 38.2 Å². The molecule has 0 atom stereocenters. The molecule has 0 fully saturated rings. The predicted octanol–water partition coefficient (Wildman–Crippen LogP) is 4.83. The van der Waals surface area contributed by atoms with Gasteiger partial charge < -0.3 is 5.32 Å². The molecule has 5 nitrogen and oxygen atoms in total. The Kier molecular flexibility index (Phi) is 5.06. The Morgan fingerprint density at radius 2 is 1.43 bits per heavy atom. The van der Waals surface area contributed by atoms with E-state index in [4.69, 9.17) is 4.98 Å². The van der Waals surface area contributed by atoms with Crippen molar-refractivity contribution in [3.8, 4) is 22.5 Å². The zero-order chi connectivity index (χ0) is 19.3. The van der Waals surface area contributed by atoms with Gasteiger partial charge in [-0.15, -0.1) is 0 Å². The van der Waals surface area contributed by atoms with E-state index in [1.54, 1.807) is 18.6 Å². The summed E-state index contributed by atoms with van der Waals surface area (Å²) in [7, 11) is 0. The third-order valence-electron chi connectivity index (χ3n) is 4.72. The molecule has 5 heteroatoms. The number of aryl methyl sites for hydroxylation is 1. The number of benzene rings is 1. The highest BCUT2D eigenvalue weighted by atomic mass is 15.0. The van der Waals surface area contributed by atoms with E-state index in [9.17, 15) is 0 Å². The Bertz CT molecular complexity index is 1060. The summed E-state index contributed by atoms with van der Waals surface area (Å²) in [6, 6.07) is 16.4. The van der Waals surface area contributed by atoms with Gasteiger partial charge in [0.15, 0.2) is 5.82 Å². The molecule has 0 saturated carbocycles. The molecule has 3 heterocycles. The van der Waals surface area contributed by atoms with E-state index in [-0.39, 0.29) is 0 Å². The monoisotopic (exact) mass is 367 g/mol. The topological polar surface area (TPSA) is 63.6 Å². The van der Waals surface area contributed by atoms with Crippen molar-refractivity contribution in [2.24, 2.45) is 0 Å². The van der Waals surface area contributed by atoms with Crippen molar-refractivity contribution >= 4 is 5.82 Å². The van der Waals surface area contributed by atoms with Crippen LogP contribution in [0.2, 0.25) is 0 Å². The number of anilines is 1. The van der Waals surface area contributed by atoms with Crippen LogP contribution in [0.5, 0.6) is 0 Å². The standard InChI is InChI=1S/C23H21N5/c1-16-17(2)27-23(21-6-4-12-25-15-21)28-22(16)26-13-18-7-9-19(10-8-18)20-5-3-11-24-14-20/h3-12,14-15H,13H2,1-2H3,(H,26,27,28). The number of nitrogens with zero attached hydrogens (tertiary/aromatic N) is 4. The number of hydrogen-bond acceptors (Lipinski definition) is 5. The van der Waals surface area contributed by atoms with Crippen LogP contribution in [0.4, 0.5) is 5.82 Å². The maximum absolute atomic E-state index is 4.71. The van der Waals surface area contributed by atoms with Crippen LogP contribution < -0.4 is 5.32 Å². The van der Waals surface area contributed by atoms with Gasteiger partial charge in [0, 0.05) is 48.2 Å². The maximum atomic E-state index is 4.71. The van der Waals surface area contributed by atoms with Crippen LogP contribution in [0.3, 0.4) is 0 Å². The molecule has 1 N–H and O–H groups in total. The Morgan fingerprint density at radius 1 is 0.750 bits per heavy atom. The summed E-state index contributed by atoms with van der Waals surface area (Å²) in [5, 5.41) is 3.46. The molecule has 4 aromatic rings. The first-order valence-electron chi connectivity index (χ1n) is 9.19. The molecule has 0 radical (unpaired) electrons. The highest BCUT2D eigenvalue weighted by Gasteiger charge is 2.10. The van der Waals surface area contributed by atoms with Crippen LogP contribution in [-0.4, -0.2) is 19.9 Å².